The second kappa shape index (κ2) is 9.76. The fourth-order valence-corrected chi connectivity index (χ4v) is 3.93. The lowest BCUT2D eigenvalue weighted by molar-refractivity contribution is 0.0509. The third-order valence-electron chi connectivity index (χ3n) is 4.45. The molecule has 6 heteroatoms. The van der Waals surface area contributed by atoms with E-state index in [1.165, 1.54) is 0 Å². The van der Waals surface area contributed by atoms with Crippen molar-refractivity contribution in [1.82, 2.24) is 4.90 Å². The number of nitrogens with zero attached hydrogens (tertiary/aromatic N) is 1. The highest BCUT2D eigenvalue weighted by atomic mass is 32.1. The summed E-state index contributed by atoms with van der Waals surface area (Å²) in [5, 5.41) is 2.04. The van der Waals surface area contributed by atoms with Gasteiger partial charge in [-0.1, -0.05) is 6.07 Å². The van der Waals surface area contributed by atoms with E-state index in [0.717, 1.165) is 24.3 Å². The maximum atomic E-state index is 13.3. The lowest BCUT2D eigenvalue weighted by Crippen LogP contribution is -2.36. The third-order valence-corrected chi connectivity index (χ3v) is 5.31. The van der Waals surface area contributed by atoms with Crippen molar-refractivity contribution in [1.29, 1.82) is 0 Å². The van der Waals surface area contributed by atoms with E-state index in [0.29, 0.717) is 43.4 Å². The van der Waals surface area contributed by atoms with Crippen LogP contribution in [0.3, 0.4) is 0 Å². The molecule has 0 bridgehead atoms. The van der Waals surface area contributed by atoms with Gasteiger partial charge in [-0.05, 0) is 56.3 Å². The number of thiophene rings is 1. The van der Waals surface area contributed by atoms with Crippen molar-refractivity contribution >= 4 is 17.2 Å². The molecule has 146 valence electrons. The van der Waals surface area contributed by atoms with Gasteiger partial charge in [0.05, 0.1) is 25.9 Å². The van der Waals surface area contributed by atoms with Crippen LogP contribution in [0.4, 0.5) is 0 Å². The van der Waals surface area contributed by atoms with E-state index in [9.17, 15) is 4.79 Å². The minimum atomic E-state index is -0.0112. The zero-order valence-corrected chi connectivity index (χ0v) is 16.8. The molecule has 0 radical (unpaired) electrons. The Kier molecular flexibility index (Phi) is 7.12. The van der Waals surface area contributed by atoms with E-state index >= 15 is 0 Å². The van der Waals surface area contributed by atoms with Gasteiger partial charge in [0, 0.05) is 23.6 Å². The van der Waals surface area contributed by atoms with Crippen LogP contribution in [0.2, 0.25) is 0 Å². The van der Waals surface area contributed by atoms with Gasteiger partial charge in [-0.2, -0.15) is 0 Å². The molecule has 2 aromatic rings. The molecule has 0 spiro atoms. The minimum absolute atomic E-state index is 0.0112. The number of benzene rings is 1. The van der Waals surface area contributed by atoms with E-state index in [2.05, 4.69) is 6.07 Å². The molecule has 5 nitrogen and oxygen atoms in total. The maximum Gasteiger partial charge on any atom is 0.254 e. The molecule has 2 heterocycles. The number of amides is 1. The Balaban J connectivity index is 1.81. The van der Waals surface area contributed by atoms with E-state index < -0.39 is 0 Å². The molecule has 1 unspecified atom stereocenters. The van der Waals surface area contributed by atoms with Crippen molar-refractivity contribution in [3.05, 3.63) is 46.2 Å². The number of hydrogen-bond acceptors (Lipinski definition) is 5. The smallest absolute Gasteiger partial charge is 0.254 e. The highest BCUT2D eigenvalue weighted by Gasteiger charge is 2.24. The average molecular weight is 390 g/mol. The number of hydrogen-bond donors (Lipinski definition) is 0. The van der Waals surface area contributed by atoms with E-state index in [1.807, 2.05) is 42.3 Å². The van der Waals surface area contributed by atoms with Crippen molar-refractivity contribution in [3.8, 4) is 11.5 Å². The molecule has 1 fully saturated rings. The van der Waals surface area contributed by atoms with Gasteiger partial charge in [0.1, 0.15) is 0 Å². The third kappa shape index (κ3) is 5.23. The zero-order valence-electron chi connectivity index (χ0n) is 16.0. The molecular weight excluding hydrogens is 362 g/mol. The molecule has 0 N–H and O–H groups in total. The topological polar surface area (TPSA) is 48.0 Å². The maximum absolute atomic E-state index is 13.3. The van der Waals surface area contributed by atoms with Gasteiger partial charge in [0.25, 0.3) is 5.91 Å². The van der Waals surface area contributed by atoms with Crippen molar-refractivity contribution < 1.29 is 19.0 Å². The molecule has 27 heavy (non-hydrogen) atoms. The van der Waals surface area contributed by atoms with Crippen LogP contribution < -0.4 is 9.47 Å². The Hall–Kier alpha value is -2.05. The Morgan fingerprint density at radius 1 is 1.22 bits per heavy atom. The molecule has 1 atom stereocenters. The summed E-state index contributed by atoms with van der Waals surface area (Å²) in [7, 11) is 0. The monoisotopic (exact) mass is 389 g/mol. The lowest BCUT2D eigenvalue weighted by Gasteiger charge is -2.25. The van der Waals surface area contributed by atoms with Gasteiger partial charge in [0.2, 0.25) is 0 Å². The predicted octanol–water partition coefficient (Wildman–Crippen LogP) is 4.37. The molecule has 1 aliphatic rings. The van der Waals surface area contributed by atoms with Gasteiger partial charge in [0.15, 0.2) is 11.5 Å². The fraction of sp³-hybridized carbons (Fsp3) is 0.476. The predicted molar refractivity (Wildman–Crippen MR) is 107 cm³/mol. The van der Waals surface area contributed by atoms with Crippen molar-refractivity contribution in [3.63, 3.8) is 0 Å². The average Bonchev–Trinajstić information content (AvgIpc) is 3.36. The van der Waals surface area contributed by atoms with E-state index in [4.69, 9.17) is 14.2 Å². The van der Waals surface area contributed by atoms with Crippen LogP contribution in [-0.2, 0) is 11.3 Å². The zero-order chi connectivity index (χ0) is 19.1. The first-order valence-electron chi connectivity index (χ1n) is 9.54. The highest BCUT2D eigenvalue weighted by Crippen LogP contribution is 2.29. The molecule has 1 saturated heterocycles. The molecule has 3 rings (SSSR count). The van der Waals surface area contributed by atoms with E-state index in [1.54, 1.807) is 17.4 Å². The van der Waals surface area contributed by atoms with Gasteiger partial charge in [-0.15, -0.1) is 11.3 Å². The van der Waals surface area contributed by atoms with Crippen LogP contribution in [-0.4, -0.2) is 43.3 Å². The summed E-state index contributed by atoms with van der Waals surface area (Å²) in [6.07, 6.45) is 2.17. The number of carbonyl (C=O) groups is 1. The number of rotatable bonds is 9. The van der Waals surface area contributed by atoms with Crippen LogP contribution in [0.1, 0.15) is 41.9 Å². The lowest BCUT2D eigenvalue weighted by atomic mass is 10.1. The summed E-state index contributed by atoms with van der Waals surface area (Å²) in [5.41, 5.74) is 0.608. The van der Waals surface area contributed by atoms with Crippen LogP contribution in [0.25, 0.3) is 0 Å². The van der Waals surface area contributed by atoms with Gasteiger partial charge < -0.3 is 19.1 Å². The molecule has 1 amide bonds. The Morgan fingerprint density at radius 2 is 2.04 bits per heavy atom. The molecule has 1 aromatic carbocycles. The van der Waals surface area contributed by atoms with Crippen LogP contribution >= 0.6 is 11.3 Å². The summed E-state index contributed by atoms with van der Waals surface area (Å²) in [6, 6.07) is 9.49. The summed E-state index contributed by atoms with van der Waals surface area (Å²) in [4.78, 5) is 16.3. The quantitative estimate of drug-likeness (QED) is 0.639. The molecular formula is C21H27NO4S. The SMILES string of the molecule is CCOc1ccc(C(=O)N(Cc2cccs2)CC2CCCO2)cc1OCC. The van der Waals surface area contributed by atoms with Gasteiger partial charge in [-0.25, -0.2) is 0 Å². The first kappa shape index (κ1) is 19.7. The summed E-state index contributed by atoms with van der Waals surface area (Å²) in [5.74, 6) is 1.26. The summed E-state index contributed by atoms with van der Waals surface area (Å²) < 4.78 is 17.1. The summed E-state index contributed by atoms with van der Waals surface area (Å²) >= 11 is 1.66. The van der Waals surface area contributed by atoms with Crippen LogP contribution in [0.5, 0.6) is 11.5 Å². The van der Waals surface area contributed by atoms with Gasteiger partial charge in [-0.3, -0.25) is 4.79 Å². The van der Waals surface area contributed by atoms with Crippen molar-refractivity contribution in [2.24, 2.45) is 0 Å². The molecule has 1 aromatic heterocycles. The van der Waals surface area contributed by atoms with Crippen LogP contribution in [0, 0.1) is 0 Å². The Labute approximate surface area is 164 Å². The minimum Gasteiger partial charge on any atom is -0.490 e. The van der Waals surface area contributed by atoms with Gasteiger partial charge >= 0.3 is 0 Å². The Bertz CT molecular complexity index is 726. The van der Waals surface area contributed by atoms with Crippen molar-refractivity contribution in [2.75, 3.05) is 26.4 Å². The molecule has 1 aliphatic heterocycles. The Morgan fingerprint density at radius 3 is 2.70 bits per heavy atom. The first-order chi connectivity index (χ1) is 13.2. The van der Waals surface area contributed by atoms with Crippen LogP contribution in [0.15, 0.2) is 35.7 Å². The summed E-state index contributed by atoms with van der Waals surface area (Å²) in [6.45, 7) is 6.90. The first-order valence-corrected chi connectivity index (χ1v) is 10.4. The van der Waals surface area contributed by atoms with Crippen molar-refractivity contribution in [2.45, 2.75) is 39.3 Å². The van der Waals surface area contributed by atoms with E-state index in [-0.39, 0.29) is 12.0 Å². The fourth-order valence-electron chi connectivity index (χ4n) is 3.21. The molecule has 0 saturated carbocycles. The normalized spacial score (nSPS) is 16.3. The highest BCUT2D eigenvalue weighted by molar-refractivity contribution is 7.09. The second-order valence-corrected chi connectivity index (χ2v) is 7.46. The number of carbonyl (C=O) groups excluding carboxylic acids is 1. The largest absolute Gasteiger partial charge is 0.490 e. The molecule has 0 aliphatic carbocycles. The second-order valence-electron chi connectivity index (χ2n) is 6.43. The standard InChI is InChI=1S/C21H27NO4S/c1-3-24-19-10-9-16(13-20(19)25-4-2)21(23)22(14-17-7-5-11-26-17)15-18-8-6-12-27-18/h6,8-10,12-13,17H,3-5,7,11,14-15H2,1-2H3. The number of ether oxygens (including phenoxy) is 3.